The quantitative estimate of drug-likeness (QED) is 0.0884. The third kappa shape index (κ3) is 7.52. The summed E-state index contributed by atoms with van der Waals surface area (Å²) >= 11 is 5.84. The van der Waals surface area contributed by atoms with Crippen molar-refractivity contribution >= 4 is 47.0 Å². The molecule has 0 fully saturated rings. The van der Waals surface area contributed by atoms with Gasteiger partial charge in [-0.1, -0.05) is 17.7 Å². The highest BCUT2D eigenvalue weighted by molar-refractivity contribution is 6.30. The Morgan fingerprint density at radius 1 is 0.878 bits per heavy atom. The molecule has 0 aliphatic carbocycles. The molecule has 0 aliphatic heterocycles. The molecule has 4 aromatic rings. The maximum absolute atomic E-state index is 12.7. The van der Waals surface area contributed by atoms with E-state index in [2.05, 4.69) is 15.8 Å². The monoisotopic (exact) mass is 572 g/mol. The maximum Gasteiger partial charge on any atom is 0.343 e. The molecule has 206 valence electrons. The molecule has 12 heteroatoms. The number of anilines is 1. The summed E-state index contributed by atoms with van der Waals surface area (Å²) in [6.07, 6.45) is 1.12. The van der Waals surface area contributed by atoms with Crippen molar-refractivity contribution in [1.29, 1.82) is 0 Å². The molecule has 0 aliphatic rings. The molecule has 0 aromatic heterocycles. The fourth-order valence-corrected chi connectivity index (χ4v) is 3.61. The first kappa shape index (κ1) is 28.5. The average Bonchev–Trinajstić information content (AvgIpc) is 2.98. The number of hydrogen-bond acceptors (Lipinski definition) is 8. The van der Waals surface area contributed by atoms with Gasteiger partial charge >= 0.3 is 5.97 Å². The minimum Gasteiger partial charge on any atom is -0.497 e. The largest absolute Gasteiger partial charge is 0.497 e. The number of hydrazone groups is 1. The highest BCUT2D eigenvalue weighted by Crippen LogP contribution is 2.24. The van der Waals surface area contributed by atoms with E-state index in [0.29, 0.717) is 22.0 Å². The third-order valence-electron chi connectivity index (χ3n) is 5.59. The van der Waals surface area contributed by atoms with Crippen LogP contribution in [0.3, 0.4) is 0 Å². The molecule has 41 heavy (non-hydrogen) atoms. The number of non-ortho nitro benzene ring substituents is 1. The van der Waals surface area contributed by atoms with E-state index in [9.17, 15) is 24.5 Å². The Morgan fingerprint density at radius 3 is 2.24 bits per heavy atom. The summed E-state index contributed by atoms with van der Waals surface area (Å²) in [4.78, 5) is 48.2. The minimum absolute atomic E-state index is 0.0119. The first-order valence-corrected chi connectivity index (χ1v) is 12.3. The van der Waals surface area contributed by atoms with E-state index < -0.39 is 16.8 Å². The fraction of sp³-hybridized carbons (Fsp3) is 0.0345. The van der Waals surface area contributed by atoms with Gasteiger partial charge in [0.15, 0.2) is 0 Å². The summed E-state index contributed by atoms with van der Waals surface area (Å²) in [5, 5.41) is 18.4. The number of methoxy groups -OCH3 is 1. The molecular weight excluding hydrogens is 552 g/mol. The zero-order chi connectivity index (χ0) is 29.4. The van der Waals surface area contributed by atoms with Crippen LogP contribution < -0.4 is 20.2 Å². The van der Waals surface area contributed by atoms with Crippen molar-refractivity contribution in [2.75, 3.05) is 12.4 Å². The van der Waals surface area contributed by atoms with E-state index in [-0.39, 0.29) is 34.0 Å². The molecule has 11 nitrogen and oxygen atoms in total. The van der Waals surface area contributed by atoms with Gasteiger partial charge in [0.25, 0.3) is 17.5 Å². The van der Waals surface area contributed by atoms with Crippen molar-refractivity contribution in [2.45, 2.75) is 0 Å². The SMILES string of the molecule is COc1cccc(C(=O)Oc2ccc([N+](=O)[O-])cc2/C=N/NC(=O)c2ccc(NC(=O)c3ccc(Cl)cc3)cc2)c1. The lowest BCUT2D eigenvalue weighted by atomic mass is 10.1. The lowest BCUT2D eigenvalue weighted by molar-refractivity contribution is -0.384. The number of nitro groups is 1. The number of benzene rings is 4. The van der Waals surface area contributed by atoms with E-state index in [4.69, 9.17) is 21.1 Å². The van der Waals surface area contributed by atoms with E-state index in [1.165, 1.54) is 43.5 Å². The lowest BCUT2D eigenvalue weighted by Crippen LogP contribution is -2.18. The number of hydrogen-bond donors (Lipinski definition) is 2. The van der Waals surface area contributed by atoms with Crippen LogP contribution in [0.1, 0.15) is 36.6 Å². The summed E-state index contributed by atoms with van der Waals surface area (Å²) in [5.41, 5.74) is 3.44. The van der Waals surface area contributed by atoms with Gasteiger partial charge in [0.05, 0.1) is 23.8 Å². The number of nitrogens with zero attached hydrogens (tertiary/aromatic N) is 2. The summed E-state index contributed by atoms with van der Waals surface area (Å²) in [6, 6.07) is 22.3. The highest BCUT2D eigenvalue weighted by atomic mass is 35.5. The Labute approximate surface area is 238 Å². The summed E-state index contributed by atoms with van der Waals surface area (Å²) in [6.45, 7) is 0. The van der Waals surface area contributed by atoms with Crippen LogP contribution in [0.25, 0.3) is 0 Å². The van der Waals surface area contributed by atoms with Crippen LogP contribution in [-0.4, -0.2) is 36.0 Å². The molecule has 0 saturated heterocycles. The van der Waals surface area contributed by atoms with E-state index >= 15 is 0 Å². The molecule has 4 aromatic carbocycles. The smallest absolute Gasteiger partial charge is 0.343 e. The van der Waals surface area contributed by atoms with Gasteiger partial charge in [0.1, 0.15) is 11.5 Å². The molecule has 0 atom stereocenters. The first-order chi connectivity index (χ1) is 19.7. The van der Waals surface area contributed by atoms with Crippen molar-refractivity contribution < 1.29 is 28.8 Å². The summed E-state index contributed by atoms with van der Waals surface area (Å²) in [5.74, 6) is -1.22. The van der Waals surface area contributed by atoms with E-state index in [1.807, 2.05) is 0 Å². The van der Waals surface area contributed by atoms with Gasteiger partial charge in [-0.15, -0.1) is 0 Å². The van der Waals surface area contributed by atoms with Crippen molar-refractivity contribution in [1.82, 2.24) is 5.43 Å². The molecular formula is C29H21ClN4O7. The highest BCUT2D eigenvalue weighted by Gasteiger charge is 2.16. The number of carbonyl (C=O) groups excluding carboxylic acids is 3. The molecule has 0 bridgehead atoms. The molecule has 4 rings (SSSR count). The van der Waals surface area contributed by atoms with Crippen LogP contribution in [0.15, 0.2) is 96.1 Å². The van der Waals surface area contributed by atoms with Crippen LogP contribution in [0.5, 0.6) is 11.5 Å². The van der Waals surface area contributed by atoms with Gasteiger partial charge in [0, 0.05) is 39.5 Å². The predicted octanol–water partition coefficient (Wildman–Crippen LogP) is 5.49. The van der Waals surface area contributed by atoms with Crippen molar-refractivity contribution in [3.63, 3.8) is 0 Å². The number of esters is 1. The Kier molecular flexibility index (Phi) is 9.02. The lowest BCUT2D eigenvalue weighted by Gasteiger charge is -2.09. The molecule has 0 unspecified atom stereocenters. The molecule has 0 heterocycles. The second-order valence-corrected chi connectivity index (χ2v) is 8.77. The van der Waals surface area contributed by atoms with Gasteiger partial charge in [-0.3, -0.25) is 19.7 Å². The normalized spacial score (nSPS) is 10.6. The number of carbonyl (C=O) groups is 3. The zero-order valence-corrected chi connectivity index (χ0v) is 22.1. The van der Waals surface area contributed by atoms with Crippen molar-refractivity contribution in [2.24, 2.45) is 5.10 Å². The number of halogens is 1. The Bertz CT molecular complexity index is 1640. The Hall–Kier alpha value is -5.55. The first-order valence-electron chi connectivity index (χ1n) is 11.9. The minimum atomic E-state index is -0.723. The molecule has 0 spiro atoms. The molecule has 0 radical (unpaired) electrons. The molecule has 2 amide bonds. The van der Waals surface area contributed by atoms with Crippen molar-refractivity contribution in [3.05, 3.63) is 128 Å². The number of rotatable bonds is 9. The Morgan fingerprint density at radius 2 is 1.56 bits per heavy atom. The van der Waals surface area contributed by atoms with E-state index in [0.717, 1.165) is 12.3 Å². The number of nitro benzene ring substituents is 1. The van der Waals surface area contributed by atoms with Crippen LogP contribution in [0.4, 0.5) is 11.4 Å². The fourth-order valence-electron chi connectivity index (χ4n) is 3.49. The maximum atomic E-state index is 12.7. The second-order valence-electron chi connectivity index (χ2n) is 8.34. The van der Waals surface area contributed by atoms with Crippen LogP contribution in [0, 0.1) is 10.1 Å². The van der Waals surface area contributed by atoms with Crippen LogP contribution in [0.2, 0.25) is 5.02 Å². The van der Waals surface area contributed by atoms with Gasteiger partial charge in [-0.25, -0.2) is 10.2 Å². The number of ether oxygens (including phenoxy) is 2. The van der Waals surface area contributed by atoms with Gasteiger partial charge in [0.2, 0.25) is 0 Å². The molecule has 0 saturated carbocycles. The second kappa shape index (κ2) is 13.0. The average molecular weight is 573 g/mol. The zero-order valence-electron chi connectivity index (χ0n) is 21.4. The topological polar surface area (TPSA) is 149 Å². The summed E-state index contributed by atoms with van der Waals surface area (Å²) < 4.78 is 10.5. The van der Waals surface area contributed by atoms with Gasteiger partial charge in [-0.2, -0.15) is 5.10 Å². The van der Waals surface area contributed by atoms with Crippen LogP contribution >= 0.6 is 11.6 Å². The van der Waals surface area contributed by atoms with Gasteiger partial charge in [-0.05, 0) is 72.8 Å². The van der Waals surface area contributed by atoms with Crippen LogP contribution in [-0.2, 0) is 0 Å². The molecule has 2 N–H and O–H groups in total. The standard InChI is InChI=1S/C29H21ClN4O7/c1-40-25-4-2-3-20(16-25)29(37)41-26-14-13-24(34(38)39)15-21(26)17-31-33-28(36)19-7-11-23(12-8-19)32-27(35)18-5-9-22(30)10-6-18/h2-17H,1H3,(H,32,35)(H,33,36)/b31-17+. The number of nitrogens with one attached hydrogen (secondary N) is 2. The van der Waals surface area contributed by atoms with Crippen molar-refractivity contribution in [3.8, 4) is 11.5 Å². The van der Waals surface area contributed by atoms with Gasteiger partial charge < -0.3 is 14.8 Å². The number of amides is 2. The Balaban J connectivity index is 1.43. The third-order valence-corrected chi connectivity index (χ3v) is 5.85. The van der Waals surface area contributed by atoms with E-state index in [1.54, 1.807) is 48.5 Å². The predicted molar refractivity (Wildman–Crippen MR) is 152 cm³/mol. The summed E-state index contributed by atoms with van der Waals surface area (Å²) in [7, 11) is 1.46.